The maximum absolute atomic E-state index is 13.0. The first kappa shape index (κ1) is 22.8. The van der Waals surface area contributed by atoms with Crippen LogP contribution in [0.4, 0.5) is 0 Å². The average molecular weight is 411 g/mol. The lowest BCUT2D eigenvalue weighted by atomic mass is 10.1. The van der Waals surface area contributed by atoms with E-state index in [1.807, 2.05) is 25.7 Å². The number of rotatable bonds is 8. The highest BCUT2D eigenvalue weighted by atomic mass is 32.2. The summed E-state index contributed by atoms with van der Waals surface area (Å²) in [5.41, 5.74) is 0.527. The second-order valence-electron chi connectivity index (χ2n) is 7.71. The molecule has 0 N–H and O–H groups in total. The van der Waals surface area contributed by atoms with Gasteiger partial charge in [0, 0.05) is 31.2 Å². The molecule has 0 aliphatic carbocycles. The molecular weight excluding hydrogens is 376 g/mol. The number of sulfonamides is 1. The van der Waals surface area contributed by atoms with Gasteiger partial charge in [-0.2, -0.15) is 4.31 Å². The lowest BCUT2D eigenvalue weighted by molar-refractivity contribution is -0.0440. The third-order valence-corrected chi connectivity index (χ3v) is 7.11. The van der Waals surface area contributed by atoms with Crippen LogP contribution >= 0.6 is 0 Å². The zero-order valence-electron chi connectivity index (χ0n) is 17.7. The third-order valence-electron chi connectivity index (χ3n) is 5.26. The first-order valence-electron chi connectivity index (χ1n) is 10.3. The van der Waals surface area contributed by atoms with Gasteiger partial charge >= 0.3 is 0 Å². The van der Waals surface area contributed by atoms with Gasteiger partial charge in [-0.25, -0.2) is 8.42 Å². The fourth-order valence-electron chi connectivity index (χ4n) is 3.48. The van der Waals surface area contributed by atoms with Crippen LogP contribution in [0.15, 0.2) is 29.2 Å². The monoisotopic (exact) mass is 410 g/mol. The van der Waals surface area contributed by atoms with E-state index >= 15 is 0 Å². The molecule has 6 nitrogen and oxygen atoms in total. The average Bonchev–Trinajstić information content (AvgIpc) is 2.67. The molecule has 158 valence electrons. The van der Waals surface area contributed by atoms with Crippen LogP contribution in [-0.2, 0) is 14.8 Å². The van der Waals surface area contributed by atoms with Gasteiger partial charge in [-0.15, -0.1) is 0 Å². The van der Waals surface area contributed by atoms with E-state index < -0.39 is 10.0 Å². The summed E-state index contributed by atoms with van der Waals surface area (Å²) in [4.78, 5) is 15.1. The topological polar surface area (TPSA) is 66.9 Å². The predicted octanol–water partition coefficient (Wildman–Crippen LogP) is 3.53. The summed E-state index contributed by atoms with van der Waals surface area (Å²) in [6, 6.07) is 6.50. The van der Waals surface area contributed by atoms with Crippen LogP contribution in [0.25, 0.3) is 0 Å². The van der Waals surface area contributed by atoms with E-state index in [0.29, 0.717) is 25.2 Å². The molecule has 1 amide bonds. The fourth-order valence-corrected chi connectivity index (χ4v) is 5.07. The molecule has 0 spiro atoms. The van der Waals surface area contributed by atoms with Gasteiger partial charge in [0.25, 0.3) is 5.91 Å². The molecule has 0 bridgehead atoms. The molecule has 3 unspecified atom stereocenters. The molecule has 1 fully saturated rings. The zero-order chi connectivity index (χ0) is 20.9. The Morgan fingerprint density at radius 1 is 1.18 bits per heavy atom. The van der Waals surface area contributed by atoms with E-state index in [-0.39, 0.29) is 29.1 Å². The van der Waals surface area contributed by atoms with Gasteiger partial charge in [0.05, 0.1) is 17.1 Å². The van der Waals surface area contributed by atoms with Gasteiger partial charge in [0.2, 0.25) is 10.0 Å². The number of morpholine rings is 1. The highest BCUT2D eigenvalue weighted by Gasteiger charge is 2.32. The minimum atomic E-state index is -3.60. The second-order valence-corrected chi connectivity index (χ2v) is 9.65. The molecule has 3 atom stereocenters. The normalized spacial score (nSPS) is 22.0. The number of carbonyl (C=O) groups excluding carboxylic acids is 1. The quantitative estimate of drug-likeness (QED) is 0.658. The summed E-state index contributed by atoms with van der Waals surface area (Å²) >= 11 is 0. The summed E-state index contributed by atoms with van der Waals surface area (Å²) in [7, 11) is -3.60. The van der Waals surface area contributed by atoms with E-state index in [4.69, 9.17) is 4.74 Å². The number of amides is 1. The molecule has 1 aromatic rings. The molecular formula is C21H34N2O4S. The Kier molecular flexibility index (Phi) is 8.04. The Balaban J connectivity index is 2.20. The summed E-state index contributed by atoms with van der Waals surface area (Å²) in [5, 5.41) is 0. The van der Waals surface area contributed by atoms with E-state index in [2.05, 4.69) is 13.8 Å². The van der Waals surface area contributed by atoms with Crippen molar-refractivity contribution in [1.29, 1.82) is 0 Å². The Bertz CT molecular complexity index is 738. The first-order valence-corrected chi connectivity index (χ1v) is 11.7. The van der Waals surface area contributed by atoms with E-state index in [0.717, 1.165) is 19.3 Å². The molecule has 1 heterocycles. The molecule has 0 aromatic heterocycles. The van der Waals surface area contributed by atoms with Crippen molar-refractivity contribution in [3.8, 4) is 0 Å². The zero-order valence-corrected chi connectivity index (χ0v) is 18.5. The lowest BCUT2D eigenvalue weighted by Gasteiger charge is -2.34. The Hall–Kier alpha value is -1.44. The number of unbranched alkanes of at least 4 members (excludes halogenated alkanes) is 1. The Morgan fingerprint density at radius 2 is 1.75 bits per heavy atom. The molecule has 2 rings (SSSR count). The van der Waals surface area contributed by atoms with Crippen molar-refractivity contribution in [2.75, 3.05) is 19.6 Å². The van der Waals surface area contributed by atoms with Gasteiger partial charge < -0.3 is 9.64 Å². The fraction of sp³-hybridized carbons (Fsp3) is 0.667. The maximum Gasteiger partial charge on any atom is 0.254 e. The van der Waals surface area contributed by atoms with Crippen LogP contribution in [-0.4, -0.2) is 61.4 Å². The smallest absolute Gasteiger partial charge is 0.254 e. The van der Waals surface area contributed by atoms with E-state index in [1.54, 1.807) is 24.3 Å². The summed E-state index contributed by atoms with van der Waals surface area (Å²) in [6.07, 6.45) is 2.59. The van der Waals surface area contributed by atoms with Gasteiger partial charge in [0.1, 0.15) is 0 Å². The molecule has 1 aromatic carbocycles. The Labute approximate surface area is 169 Å². The largest absolute Gasteiger partial charge is 0.373 e. The third kappa shape index (κ3) is 5.33. The van der Waals surface area contributed by atoms with Crippen molar-refractivity contribution >= 4 is 15.9 Å². The predicted molar refractivity (Wildman–Crippen MR) is 111 cm³/mol. The summed E-state index contributed by atoms with van der Waals surface area (Å²) in [5.74, 6) is -0.0413. The summed E-state index contributed by atoms with van der Waals surface area (Å²) < 4.78 is 33.0. The van der Waals surface area contributed by atoms with Gasteiger partial charge in [-0.05, 0) is 57.9 Å². The van der Waals surface area contributed by atoms with Crippen LogP contribution in [0.2, 0.25) is 0 Å². The number of ether oxygens (including phenoxy) is 1. The molecule has 1 saturated heterocycles. The van der Waals surface area contributed by atoms with Crippen molar-refractivity contribution in [3.63, 3.8) is 0 Å². The van der Waals surface area contributed by atoms with Crippen molar-refractivity contribution in [2.45, 2.75) is 77.0 Å². The van der Waals surface area contributed by atoms with Crippen LogP contribution in [0, 0.1) is 0 Å². The number of benzene rings is 1. The number of carbonyl (C=O) groups is 1. The number of nitrogens with zero attached hydrogens (tertiary/aromatic N) is 2. The molecule has 28 heavy (non-hydrogen) atoms. The van der Waals surface area contributed by atoms with E-state index in [9.17, 15) is 13.2 Å². The number of hydrogen-bond donors (Lipinski definition) is 0. The molecule has 0 saturated carbocycles. The highest BCUT2D eigenvalue weighted by molar-refractivity contribution is 7.89. The van der Waals surface area contributed by atoms with Crippen LogP contribution in [0.5, 0.6) is 0 Å². The van der Waals surface area contributed by atoms with Crippen molar-refractivity contribution in [1.82, 2.24) is 9.21 Å². The molecule has 0 radical (unpaired) electrons. The first-order chi connectivity index (χ1) is 13.2. The standard InChI is InChI=1S/C21H34N2O4S/c1-6-8-13-23(16(3)7-2)21(24)19-9-11-20(12-10-19)28(25,26)22-14-17(4)27-18(5)15-22/h9-12,16-18H,6-8,13-15H2,1-5H3. The molecule has 1 aliphatic heterocycles. The SMILES string of the molecule is CCCCN(C(=O)c1ccc(S(=O)(=O)N2CC(C)OC(C)C2)cc1)C(C)CC. The van der Waals surface area contributed by atoms with Crippen LogP contribution in [0.1, 0.15) is 64.2 Å². The molecule has 1 aliphatic rings. The van der Waals surface area contributed by atoms with Crippen molar-refractivity contribution in [2.24, 2.45) is 0 Å². The lowest BCUT2D eigenvalue weighted by Crippen LogP contribution is -2.48. The minimum Gasteiger partial charge on any atom is -0.373 e. The van der Waals surface area contributed by atoms with Crippen LogP contribution < -0.4 is 0 Å². The van der Waals surface area contributed by atoms with E-state index in [1.165, 1.54) is 4.31 Å². The summed E-state index contributed by atoms with van der Waals surface area (Å²) in [6.45, 7) is 11.4. The van der Waals surface area contributed by atoms with Gasteiger partial charge in [0.15, 0.2) is 0 Å². The second kappa shape index (κ2) is 9.85. The van der Waals surface area contributed by atoms with Gasteiger partial charge in [-0.3, -0.25) is 4.79 Å². The van der Waals surface area contributed by atoms with Gasteiger partial charge in [-0.1, -0.05) is 20.3 Å². The van der Waals surface area contributed by atoms with Crippen LogP contribution in [0.3, 0.4) is 0 Å². The molecule has 7 heteroatoms. The Morgan fingerprint density at radius 3 is 2.25 bits per heavy atom. The highest BCUT2D eigenvalue weighted by Crippen LogP contribution is 2.22. The minimum absolute atomic E-state index is 0.0413. The van der Waals surface area contributed by atoms with Crippen molar-refractivity contribution < 1.29 is 17.9 Å². The maximum atomic E-state index is 13.0. The van der Waals surface area contributed by atoms with Crippen molar-refractivity contribution in [3.05, 3.63) is 29.8 Å². The number of hydrogen-bond acceptors (Lipinski definition) is 4.